The molecule has 1 saturated heterocycles. The maximum Gasteiger partial charge on any atom is 0.264 e. The molecule has 1 N–H and O–H groups in total. The molecule has 1 aliphatic heterocycles. The average molecular weight is 445 g/mol. The van der Waals surface area contributed by atoms with Crippen LogP contribution in [0.5, 0.6) is 11.5 Å². The van der Waals surface area contributed by atoms with E-state index in [4.69, 9.17) is 9.47 Å². The molecule has 1 heterocycles. The summed E-state index contributed by atoms with van der Waals surface area (Å²) in [5.41, 5.74) is 5.12. The fourth-order valence-corrected chi connectivity index (χ4v) is 4.01. The Morgan fingerprint density at radius 2 is 1.78 bits per heavy atom. The van der Waals surface area contributed by atoms with Gasteiger partial charge in [-0.2, -0.15) is 0 Å². The molecule has 4 rings (SSSR count). The van der Waals surface area contributed by atoms with Crippen LogP contribution in [0, 0.1) is 13.8 Å². The Bertz CT molecular complexity index is 1200. The van der Waals surface area contributed by atoms with E-state index in [1.165, 1.54) is 22.9 Å². The number of thioether (sulfide) groups is 1. The van der Waals surface area contributed by atoms with E-state index in [0.29, 0.717) is 28.2 Å². The number of nitrogens with zero attached hydrogens (tertiary/aromatic N) is 1. The maximum absolute atomic E-state index is 12.4. The van der Waals surface area contributed by atoms with Gasteiger partial charge >= 0.3 is 0 Å². The molecule has 0 unspecified atom stereocenters. The summed E-state index contributed by atoms with van der Waals surface area (Å²) in [6.07, 6.45) is 1.83. The first-order valence-corrected chi connectivity index (χ1v) is 11.0. The second kappa shape index (κ2) is 9.75. The van der Waals surface area contributed by atoms with Crippen molar-refractivity contribution in [2.75, 3.05) is 7.11 Å². The monoisotopic (exact) mass is 444 g/mol. The summed E-state index contributed by atoms with van der Waals surface area (Å²) in [7, 11) is 1.60. The van der Waals surface area contributed by atoms with Crippen molar-refractivity contribution in [3.05, 3.63) is 93.9 Å². The Morgan fingerprint density at radius 3 is 2.53 bits per heavy atom. The zero-order valence-corrected chi connectivity index (χ0v) is 19.0. The Hall–Kier alpha value is -3.51. The van der Waals surface area contributed by atoms with Crippen molar-refractivity contribution in [2.24, 2.45) is 4.99 Å². The molecular weight excluding hydrogens is 420 g/mol. The Kier molecular flexibility index (Phi) is 6.61. The molecule has 3 aromatic rings. The second-order valence-electron chi connectivity index (χ2n) is 7.43. The molecule has 0 aliphatic carbocycles. The summed E-state index contributed by atoms with van der Waals surface area (Å²) in [6, 6.07) is 21.6. The van der Waals surface area contributed by atoms with Crippen molar-refractivity contribution < 1.29 is 14.3 Å². The van der Waals surface area contributed by atoms with Gasteiger partial charge in [-0.1, -0.05) is 42.5 Å². The lowest BCUT2D eigenvalue weighted by Gasteiger charge is -2.11. The van der Waals surface area contributed by atoms with Gasteiger partial charge in [-0.3, -0.25) is 4.79 Å². The molecule has 1 amide bonds. The van der Waals surface area contributed by atoms with E-state index in [-0.39, 0.29) is 5.91 Å². The zero-order chi connectivity index (χ0) is 22.5. The predicted octanol–water partition coefficient (Wildman–Crippen LogP) is 5.78. The number of amides is 1. The Balaban J connectivity index is 1.49. The summed E-state index contributed by atoms with van der Waals surface area (Å²) >= 11 is 1.32. The van der Waals surface area contributed by atoms with Gasteiger partial charge in [0.25, 0.3) is 5.91 Å². The van der Waals surface area contributed by atoms with E-state index >= 15 is 0 Å². The van der Waals surface area contributed by atoms with Crippen molar-refractivity contribution in [3.8, 4) is 11.5 Å². The standard InChI is InChI=1S/C26H24N2O3S/c1-17-9-11-21(13-18(17)2)27-26-28-25(29)24(32-26)15-20-10-12-22(23(14-20)30-3)31-16-19-7-5-4-6-8-19/h4-15H,16H2,1-3H3,(H,27,28,29)/b24-15+. The molecule has 0 bridgehead atoms. The molecule has 5 nitrogen and oxygen atoms in total. The van der Waals surface area contributed by atoms with Crippen LogP contribution in [-0.4, -0.2) is 18.2 Å². The fourth-order valence-electron chi connectivity index (χ4n) is 3.17. The molecule has 0 aromatic heterocycles. The average Bonchev–Trinajstić information content (AvgIpc) is 3.14. The van der Waals surface area contributed by atoms with Crippen molar-refractivity contribution in [3.63, 3.8) is 0 Å². The summed E-state index contributed by atoms with van der Waals surface area (Å²) in [6.45, 7) is 4.56. The normalized spacial score (nSPS) is 15.8. The SMILES string of the molecule is COc1cc(/C=C2/SC(=Nc3ccc(C)c(C)c3)NC2=O)ccc1OCc1ccccc1. The van der Waals surface area contributed by atoms with Gasteiger partial charge in [0.1, 0.15) is 6.61 Å². The van der Waals surface area contributed by atoms with E-state index < -0.39 is 0 Å². The van der Waals surface area contributed by atoms with Crippen LogP contribution in [0.15, 0.2) is 76.6 Å². The number of aryl methyl sites for hydroxylation is 2. The van der Waals surface area contributed by atoms with Gasteiger partial charge in [0.05, 0.1) is 17.7 Å². The molecule has 0 saturated carbocycles. The lowest BCUT2D eigenvalue weighted by molar-refractivity contribution is -0.115. The molecule has 6 heteroatoms. The highest BCUT2D eigenvalue weighted by Crippen LogP contribution is 2.33. The fraction of sp³-hybridized carbons (Fsp3) is 0.154. The summed E-state index contributed by atoms with van der Waals surface area (Å²) < 4.78 is 11.4. The Morgan fingerprint density at radius 1 is 0.969 bits per heavy atom. The third kappa shape index (κ3) is 5.21. The number of hydrogen-bond donors (Lipinski definition) is 1. The van der Waals surface area contributed by atoms with E-state index in [2.05, 4.69) is 17.2 Å². The van der Waals surface area contributed by atoms with E-state index in [9.17, 15) is 4.79 Å². The van der Waals surface area contributed by atoms with Gasteiger partial charge in [-0.15, -0.1) is 0 Å². The molecule has 1 fully saturated rings. The smallest absolute Gasteiger partial charge is 0.264 e. The van der Waals surface area contributed by atoms with Crippen LogP contribution >= 0.6 is 11.8 Å². The van der Waals surface area contributed by atoms with Crippen LogP contribution in [0.3, 0.4) is 0 Å². The van der Waals surface area contributed by atoms with Crippen molar-refractivity contribution in [1.29, 1.82) is 0 Å². The van der Waals surface area contributed by atoms with Gasteiger partial charge < -0.3 is 14.8 Å². The predicted molar refractivity (Wildman–Crippen MR) is 130 cm³/mol. The van der Waals surface area contributed by atoms with Gasteiger partial charge in [0.2, 0.25) is 0 Å². The number of hydrogen-bond acceptors (Lipinski definition) is 5. The summed E-state index contributed by atoms with van der Waals surface area (Å²) in [5, 5.41) is 3.40. The molecule has 1 aliphatic rings. The van der Waals surface area contributed by atoms with Gasteiger partial charge in [0, 0.05) is 0 Å². The maximum atomic E-state index is 12.4. The van der Waals surface area contributed by atoms with Crippen molar-refractivity contribution in [1.82, 2.24) is 5.32 Å². The van der Waals surface area contributed by atoms with E-state index in [1.807, 2.05) is 79.7 Å². The van der Waals surface area contributed by atoms with E-state index in [1.54, 1.807) is 7.11 Å². The highest BCUT2D eigenvalue weighted by molar-refractivity contribution is 8.18. The lowest BCUT2D eigenvalue weighted by Crippen LogP contribution is -2.19. The van der Waals surface area contributed by atoms with Crippen LogP contribution < -0.4 is 14.8 Å². The number of amidine groups is 1. The van der Waals surface area contributed by atoms with Crippen LogP contribution in [0.4, 0.5) is 5.69 Å². The number of ether oxygens (including phenoxy) is 2. The number of carbonyl (C=O) groups is 1. The largest absolute Gasteiger partial charge is 0.493 e. The third-order valence-electron chi connectivity index (χ3n) is 5.09. The molecule has 32 heavy (non-hydrogen) atoms. The summed E-state index contributed by atoms with van der Waals surface area (Å²) in [4.78, 5) is 17.6. The number of benzene rings is 3. The minimum atomic E-state index is -0.166. The van der Waals surface area contributed by atoms with Gasteiger partial charge in [-0.25, -0.2) is 4.99 Å². The Labute approximate surface area is 192 Å². The van der Waals surface area contributed by atoms with E-state index in [0.717, 1.165) is 16.8 Å². The second-order valence-corrected chi connectivity index (χ2v) is 8.47. The topological polar surface area (TPSA) is 59.9 Å². The van der Waals surface area contributed by atoms with Crippen LogP contribution in [0.1, 0.15) is 22.3 Å². The van der Waals surface area contributed by atoms with Gasteiger partial charge in [-0.05, 0) is 78.2 Å². The number of nitrogens with one attached hydrogen (secondary N) is 1. The zero-order valence-electron chi connectivity index (χ0n) is 18.2. The molecule has 0 radical (unpaired) electrons. The highest BCUT2D eigenvalue weighted by Gasteiger charge is 2.24. The molecule has 162 valence electrons. The first kappa shape index (κ1) is 21.7. The first-order chi connectivity index (χ1) is 15.5. The van der Waals surface area contributed by atoms with Crippen LogP contribution in [0.2, 0.25) is 0 Å². The highest BCUT2D eigenvalue weighted by atomic mass is 32.2. The quantitative estimate of drug-likeness (QED) is 0.490. The molecular formula is C26H24N2O3S. The minimum Gasteiger partial charge on any atom is -0.493 e. The number of methoxy groups -OCH3 is 1. The first-order valence-electron chi connectivity index (χ1n) is 10.2. The van der Waals surface area contributed by atoms with Crippen molar-refractivity contribution >= 4 is 34.6 Å². The molecule has 0 spiro atoms. The number of aliphatic imine (C=N–C) groups is 1. The van der Waals surface area contributed by atoms with Crippen molar-refractivity contribution in [2.45, 2.75) is 20.5 Å². The lowest BCUT2D eigenvalue weighted by atomic mass is 10.1. The van der Waals surface area contributed by atoms with Crippen LogP contribution in [0.25, 0.3) is 6.08 Å². The third-order valence-corrected chi connectivity index (χ3v) is 6.00. The molecule has 3 aromatic carbocycles. The van der Waals surface area contributed by atoms with Gasteiger partial charge in [0.15, 0.2) is 16.7 Å². The molecule has 0 atom stereocenters. The number of carbonyl (C=O) groups excluding carboxylic acids is 1. The summed E-state index contributed by atoms with van der Waals surface area (Å²) in [5.74, 6) is 1.10. The van der Waals surface area contributed by atoms with Crippen LogP contribution in [-0.2, 0) is 11.4 Å². The minimum absolute atomic E-state index is 0.166. The number of rotatable bonds is 6.